The lowest BCUT2D eigenvalue weighted by Crippen LogP contribution is -2.66. The summed E-state index contributed by atoms with van der Waals surface area (Å²) >= 11 is 0. The first-order chi connectivity index (χ1) is 15.0. The Kier molecular flexibility index (Phi) is 5.24. The topological polar surface area (TPSA) is 53.5 Å². The van der Waals surface area contributed by atoms with Crippen molar-refractivity contribution in [3.63, 3.8) is 0 Å². The normalized spacial score (nSPS) is 27.7. The molecule has 2 amide bonds. The van der Waals surface area contributed by atoms with Crippen LogP contribution < -0.4 is 0 Å². The molecule has 5 rings (SSSR count). The second-order valence-corrected chi connectivity index (χ2v) is 9.32. The number of aromatic nitrogens is 1. The molecule has 0 unspecified atom stereocenters. The zero-order chi connectivity index (χ0) is 21.5. The Hall–Kier alpha value is -2.76. The van der Waals surface area contributed by atoms with E-state index in [1.165, 1.54) is 6.07 Å². The quantitative estimate of drug-likeness (QED) is 0.761. The van der Waals surface area contributed by atoms with Gasteiger partial charge in [0.15, 0.2) is 0 Å². The number of rotatable bonds is 3. The molecule has 31 heavy (non-hydrogen) atoms. The van der Waals surface area contributed by atoms with E-state index in [1.54, 1.807) is 24.5 Å². The zero-order valence-electron chi connectivity index (χ0n) is 17.8. The first-order valence-corrected chi connectivity index (χ1v) is 11.3. The van der Waals surface area contributed by atoms with Crippen LogP contribution in [0.2, 0.25) is 0 Å². The van der Waals surface area contributed by atoms with E-state index in [9.17, 15) is 14.0 Å². The van der Waals surface area contributed by atoms with Crippen molar-refractivity contribution >= 4 is 11.8 Å². The van der Waals surface area contributed by atoms with Gasteiger partial charge in [-0.2, -0.15) is 0 Å². The molecule has 3 aliphatic rings. The average Bonchev–Trinajstić information content (AvgIpc) is 2.76. The molecule has 3 aliphatic heterocycles. The van der Waals surface area contributed by atoms with Gasteiger partial charge in [-0.3, -0.25) is 14.6 Å². The Bertz CT molecular complexity index is 1010. The summed E-state index contributed by atoms with van der Waals surface area (Å²) in [5, 5.41) is 0. The molecule has 0 aliphatic carbocycles. The van der Waals surface area contributed by atoms with Crippen molar-refractivity contribution in [3.05, 3.63) is 65.2 Å². The van der Waals surface area contributed by atoms with Gasteiger partial charge in [-0.25, -0.2) is 4.39 Å². The number of fused-ring (bicyclic) bond motifs is 4. The summed E-state index contributed by atoms with van der Waals surface area (Å²) in [6.45, 7) is 3.25. The van der Waals surface area contributed by atoms with Gasteiger partial charge in [0.25, 0.3) is 5.91 Å². The molecule has 0 N–H and O–H groups in total. The van der Waals surface area contributed by atoms with Gasteiger partial charge in [-0.15, -0.1) is 0 Å². The van der Waals surface area contributed by atoms with Gasteiger partial charge in [-0.1, -0.05) is 12.1 Å². The highest BCUT2D eigenvalue weighted by molar-refractivity contribution is 5.95. The number of pyridine rings is 1. The summed E-state index contributed by atoms with van der Waals surface area (Å²) in [5.74, 6) is 0.491. The molecular weight excluding hydrogens is 393 g/mol. The van der Waals surface area contributed by atoms with Crippen LogP contribution in [0.4, 0.5) is 4.39 Å². The van der Waals surface area contributed by atoms with E-state index in [2.05, 4.69) is 9.88 Å². The third-order valence-electron chi connectivity index (χ3n) is 7.39. The fourth-order valence-electron chi connectivity index (χ4n) is 5.97. The zero-order valence-corrected chi connectivity index (χ0v) is 17.8. The third kappa shape index (κ3) is 3.73. The maximum atomic E-state index is 13.8. The van der Waals surface area contributed by atoms with Crippen LogP contribution in [0.25, 0.3) is 0 Å². The number of hydrogen-bond acceptors (Lipinski definition) is 3. The molecule has 3 saturated heterocycles. The highest BCUT2D eigenvalue weighted by Gasteiger charge is 2.50. The van der Waals surface area contributed by atoms with Crippen molar-refractivity contribution in [2.24, 2.45) is 11.8 Å². The van der Waals surface area contributed by atoms with E-state index in [-0.39, 0.29) is 35.6 Å². The largest absolute Gasteiger partial charge is 0.338 e. The number of piperidine rings is 3. The third-order valence-corrected chi connectivity index (χ3v) is 7.39. The van der Waals surface area contributed by atoms with Crippen LogP contribution in [-0.4, -0.2) is 51.8 Å². The minimum atomic E-state index is -0.250. The fourth-order valence-corrected chi connectivity index (χ4v) is 5.97. The van der Waals surface area contributed by atoms with Gasteiger partial charge in [0.1, 0.15) is 5.82 Å². The van der Waals surface area contributed by atoms with Crippen LogP contribution in [-0.2, 0) is 11.2 Å². The van der Waals surface area contributed by atoms with Crippen molar-refractivity contribution in [2.45, 2.75) is 51.1 Å². The van der Waals surface area contributed by atoms with Gasteiger partial charge in [0, 0.05) is 44.0 Å². The van der Waals surface area contributed by atoms with Crippen LogP contribution in [0.3, 0.4) is 0 Å². The maximum Gasteiger partial charge on any atom is 0.255 e. The Morgan fingerprint density at radius 3 is 2.87 bits per heavy atom. The maximum absolute atomic E-state index is 13.8. The second kappa shape index (κ2) is 8.06. The number of carbonyl (C=O) groups excluding carboxylic acids is 2. The van der Waals surface area contributed by atoms with Crippen LogP contribution in [0.5, 0.6) is 0 Å². The van der Waals surface area contributed by atoms with E-state index in [0.29, 0.717) is 37.4 Å². The summed E-state index contributed by atoms with van der Waals surface area (Å²) in [6.07, 6.45) is 7.49. The molecule has 162 valence electrons. The number of carbonyl (C=O) groups is 2. The predicted molar refractivity (Wildman–Crippen MR) is 115 cm³/mol. The van der Waals surface area contributed by atoms with Crippen molar-refractivity contribution in [1.29, 1.82) is 0 Å². The number of nitrogens with zero attached hydrogens (tertiary/aromatic N) is 3. The monoisotopic (exact) mass is 421 g/mol. The summed E-state index contributed by atoms with van der Waals surface area (Å²) < 4.78 is 13.8. The molecule has 4 heterocycles. The van der Waals surface area contributed by atoms with Crippen LogP contribution >= 0.6 is 0 Å². The summed E-state index contributed by atoms with van der Waals surface area (Å²) in [6, 6.07) is 8.72. The first-order valence-electron chi connectivity index (χ1n) is 11.3. The Labute approximate surface area is 182 Å². The summed E-state index contributed by atoms with van der Waals surface area (Å²) in [7, 11) is 0. The number of amides is 2. The van der Waals surface area contributed by atoms with Crippen molar-refractivity contribution in [3.8, 4) is 0 Å². The molecular formula is C25H28FN3O2. The lowest BCUT2D eigenvalue weighted by atomic mass is 9.70. The molecule has 1 aromatic carbocycles. The van der Waals surface area contributed by atoms with Gasteiger partial charge in [0.05, 0.1) is 5.56 Å². The standard InChI is InChI=1S/C25H28FN3O2/c1-16-8-9-27-13-21(16)25(31)28-14-18-12-19(15-28)23(11-17-4-2-5-20(26)10-17)29-22(18)6-3-7-24(29)30/h2,4-5,8-10,13,18-19,22-23H,3,6-7,11-12,14-15H2,1H3/t18-,19+,22+,23+/m1/s1. The van der Waals surface area contributed by atoms with Crippen LogP contribution in [0, 0.1) is 24.6 Å². The van der Waals surface area contributed by atoms with Gasteiger partial charge in [0.2, 0.25) is 5.91 Å². The molecule has 2 bridgehead atoms. The molecule has 0 radical (unpaired) electrons. The highest BCUT2D eigenvalue weighted by atomic mass is 19.1. The molecule has 6 heteroatoms. The number of halogens is 1. The number of likely N-dealkylation sites (tertiary alicyclic amines) is 1. The SMILES string of the molecule is Cc1ccncc1C(=O)N1C[C@H]2C[C@@H](C1)[C@H](Cc1cccc(F)c1)N1C(=O)CCC[C@@H]21. The first kappa shape index (κ1) is 20.2. The molecule has 1 aromatic heterocycles. The number of aryl methyl sites for hydroxylation is 1. The van der Waals surface area contributed by atoms with Gasteiger partial charge >= 0.3 is 0 Å². The van der Waals surface area contributed by atoms with Crippen LogP contribution in [0.15, 0.2) is 42.7 Å². The Morgan fingerprint density at radius 1 is 1.23 bits per heavy atom. The molecule has 5 nitrogen and oxygen atoms in total. The molecule has 3 fully saturated rings. The predicted octanol–water partition coefficient (Wildman–Crippen LogP) is 3.61. The average molecular weight is 422 g/mol. The smallest absolute Gasteiger partial charge is 0.255 e. The lowest BCUT2D eigenvalue weighted by molar-refractivity contribution is -0.151. The van der Waals surface area contributed by atoms with Gasteiger partial charge in [-0.05, 0) is 73.8 Å². The molecule has 0 saturated carbocycles. The van der Waals surface area contributed by atoms with Crippen molar-refractivity contribution in [2.75, 3.05) is 13.1 Å². The minimum absolute atomic E-state index is 0.00134. The van der Waals surface area contributed by atoms with E-state index in [0.717, 1.165) is 30.4 Å². The van der Waals surface area contributed by atoms with E-state index in [1.807, 2.05) is 24.0 Å². The second-order valence-electron chi connectivity index (χ2n) is 9.32. The molecule has 4 atom stereocenters. The van der Waals surface area contributed by atoms with Crippen molar-refractivity contribution < 1.29 is 14.0 Å². The molecule has 2 aromatic rings. The molecule has 0 spiro atoms. The lowest BCUT2D eigenvalue weighted by Gasteiger charge is -2.56. The van der Waals surface area contributed by atoms with E-state index < -0.39 is 0 Å². The number of benzene rings is 1. The minimum Gasteiger partial charge on any atom is -0.338 e. The fraction of sp³-hybridized carbons (Fsp3) is 0.480. The summed E-state index contributed by atoms with van der Waals surface area (Å²) in [4.78, 5) is 34.6. The highest BCUT2D eigenvalue weighted by Crippen LogP contribution is 2.43. The Balaban J connectivity index is 1.45. The Morgan fingerprint density at radius 2 is 2.06 bits per heavy atom. The van der Waals surface area contributed by atoms with Crippen LogP contribution in [0.1, 0.15) is 47.2 Å². The van der Waals surface area contributed by atoms with Gasteiger partial charge < -0.3 is 9.80 Å². The van der Waals surface area contributed by atoms with Crippen molar-refractivity contribution in [1.82, 2.24) is 14.8 Å². The van der Waals surface area contributed by atoms with E-state index in [4.69, 9.17) is 0 Å². The number of hydrogen-bond donors (Lipinski definition) is 0. The van der Waals surface area contributed by atoms with E-state index >= 15 is 0 Å². The summed E-state index contributed by atoms with van der Waals surface area (Å²) in [5.41, 5.74) is 2.49.